The number of piperazine rings is 1. The number of aryl methyl sites for hydroxylation is 1. The molecule has 1 saturated heterocycles. The Morgan fingerprint density at radius 2 is 1.77 bits per heavy atom. The van der Waals surface area contributed by atoms with E-state index in [1.165, 1.54) is 11.3 Å². The largest absolute Gasteiger partial charge is 0.494 e. The summed E-state index contributed by atoms with van der Waals surface area (Å²) in [6.45, 7) is 11.4. The highest BCUT2D eigenvalue weighted by atomic mass is 32.2. The monoisotopic (exact) mass is 431 g/mol. The van der Waals surface area contributed by atoms with Crippen molar-refractivity contribution in [1.29, 1.82) is 0 Å². The molecular formula is C23H33N3O3S. The smallest absolute Gasteiger partial charge is 0.240 e. The zero-order valence-corrected chi connectivity index (χ0v) is 19.0. The van der Waals surface area contributed by atoms with Crippen molar-refractivity contribution in [3.63, 3.8) is 0 Å². The highest BCUT2D eigenvalue weighted by molar-refractivity contribution is 7.89. The van der Waals surface area contributed by atoms with Crippen molar-refractivity contribution in [2.24, 2.45) is 0 Å². The first kappa shape index (κ1) is 22.6. The zero-order chi connectivity index (χ0) is 21.6. The van der Waals surface area contributed by atoms with E-state index in [1.54, 1.807) is 24.3 Å². The lowest BCUT2D eigenvalue weighted by molar-refractivity contribution is 0.248. The van der Waals surface area contributed by atoms with Crippen LogP contribution in [-0.4, -0.2) is 58.7 Å². The van der Waals surface area contributed by atoms with Gasteiger partial charge in [-0.2, -0.15) is 0 Å². The molecule has 3 rings (SSSR count). The van der Waals surface area contributed by atoms with E-state index in [2.05, 4.69) is 45.7 Å². The van der Waals surface area contributed by atoms with Gasteiger partial charge >= 0.3 is 0 Å². The second-order valence-electron chi connectivity index (χ2n) is 7.88. The quantitative estimate of drug-likeness (QED) is 0.660. The number of benzene rings is 2. The molecule has 1 fully saturated rings. The van der Waals surface area contributed by atoms with Crippen molar-refractivity contribution in [3.8, 4) is 5.75 Å². The minimum absolute atomic E-state index is 0.128. The minimum atomic E-state index is -3.53. The number of hydrogen-bond acceptors (Lipinski definition) is 5. The summed E-state index contributed by atoms with van der Waals surface area (Å²) in [6, 6.07) is 15.1. The van der Waals surface area contributed by atoms with Crippen molar-refractivity contribution in [3.05, 3.63) is 54.1 Å². The SMILES string of the molecule is CCOc1ccc(S(=O)(=O)NC(C)CCN2CCN(c3cccc(C)c3)CC2)cc1. The predicted octanol–water partition coefficient (Wildman–Crippen LogP) is 3.27. The molecule has 1 unspecified atom stereocenters. The highest BCUT2D eigenvalue weighted by Crippen LogP contribution is 2.19. The summed E-state index contributed by atoms with van der Waals surface area (Å²) in [5, 5.41) is 0. The van der Waals surface area contributed by atoms with Crippen LogP contribution in [0.4, 0.5) is 5.69 Å². The second kappa shape index (κ2) is 10.3. The molecule has 0 bridgehead atoms. The fourth-order valence-corrected chi connectivity index (χ4v) is 4.98. The number of ether oxygens (including phenoxy) is 1. The molecule has 1 heterocycles. The van der Waals surface area contributed by atoms with E-state index in [0.717, 1.165) is 39.1 Å². The van der Waals surface area contributed by atoms with Gasteiger partial charge in [-0.05, 0) is 75.7 Å². The number of hydrogen-bond donors (Lipinski definition) is 1. The molecule has 0 aliphatic carbocycles. The molecule has 0 aromatic heterocycles. The van der Waals surface area contributed by atoms with Gasteiger partial charge in [-0.15, -0.1) is 0 Å². The number of rotatable bonds is 9. The summed E-state index contributed by atoms with van der Waals surface area (Å²) in [6.07, 6.45) is 0.778. The maximum absolute atomic E-state index is 12.6. The maximum Gasteiger partial charge on any atom is 0.240 e. The number of anilines is 1. The van der Waals surface area contributed by atoms with Gasteiger partial charge in [0.25, 0.3) is 0 Å². The van der Waals surface area contributed by atoms with E-state index in [1.807, 2.05) is 13.8 Å². The average molecular weight is 432 g/mol. The van der Waals surface area contributed by atoms with Crippen molar-refractivity contribution in [2.75, 3.05) is 44.2 Å². The molecule has 2 aromatic rings. The van der Waals surface area contributed by atoms with Gasteiger partial charge in [-0.3, -0.25) is 4.90 Å². The molecule has 6 nitrogen and oxygen atoms in total. The molecule has 0 spiro atoms. The van der Waals surface area contributed by atoms with Gasteiger partial charge in [0.2, 0.25) is 10.0 Å². The number of nitrogens with one attached hydrogen (secondary N) is 1. The fourth-order valence-electron chi connectivity index (χ4n) is 3.70. The first-order valence-electron chi connectivity index (χ1n) is 10.7. The Morgan fingerprint density at radius 3 is 2.40 bits per heavy atom. The van der Waals surface area contributed by atoms with Crippen LogP contribution in [0, 0.1) is 6.92 Å². The average Bonchev–Trinajstić information content (AvgIpc) is 2.73. The molecular weight excluding hydrogens is 398 g/mol. The maximum atomic E-state index is 12.6. The normalized spacial score (nSPS) is 16.4. The first-order valence-corrected chi connectivity index (χ1v) is 12.1. The van der Waals surface area contributed by atoms with Crippen molar-refractivity contribution >= 4 is 15.7 Å². The molecule has 1 atom stereocenters. The van der Waals surface area contributed by atoms with Crippen molar-refractivity contribution in [2.45, 2.75) is 38.1 Å². The molecule has 0 saturated carbocycles. The molecule has 1 aliphatic heterocycles. The van der Waals surface area contributed by atoms with E-state index in [9.17, 15) is 8.42 Å². The van der Waals surface area contributed by atoms with Gasteiger partial charge in [0.05, 0.1) is 11.5 Å². The van der Waals surface area contributed by atoms with E-state index in [0.29, 0.717) is 12.4 Å². The zero-order valence-electron chi connectivity index (χ0n) is 18.2. The summed E-state index contributed by atoms with van der Waals surface area (Å²) >= 11 is 0. The van der Waals surface area contributed by atoms with E-state index in [4.69, 9.17) is 4.74 Å². The Balaban J connectivity index is 1.45. The lowest BCUT2D eigenvalue weighted by Gasteiger charge is -2.36. The summed E-state index contributed by atoms with van der Waals surface area (Å²) in [7, 11) is -3.53. The lowest BCUT2D eigenvalue weighted by Crippen LogP contribution is -2.47. The lowest BCUT2D eigenvalue weighted by atomic mass is 10.2. The Bertz CT molecular complexity index is 908. The van der Waals surface area contributed by atoms with E-state index < -0.39 is 10.0 Å². The molecule has 0 amide bonds. The van der Waals surface area contributed by atoms with Crippen LogP contribution < -0.4 is 14.4 Å². The van der Waals surface area contributed by atoms with Crippen LogP contribution >= 0.6 is 0 Å². The molecule has 30 heavy (non-hydrogen) atoms. The van der Waals surface area contributed by atoms with Gasteiger partial charge in [0.1, 0.15) is 5.75 Å². The predicted molar refractivity (Wildman–Crippen MR) is 122 cm³/mol. The third-order valence-corrected chi connectivity index (χ3v) is 7.02. The molecule has 2 aromatic carbocycles. The molecule has 1 N–H and O–H groups in total. The first-order chi connectivity index (χ1) is 14.4. The van der Waals surface area contributed by atoms with Gasteiger partial charge < -0.3 is 9.64 Å². The molecule has 164 valence electrons. The second-order valence-corrected chi connectivity index (χ2v) is 9.60. The Kier molecular flexibility index (Phi) is 7.75. The van der Waals surface area contributed by atoms with Gasteiger partial charge in [-0.25, -0.2) is 13.1 Å². The minimum Gasteiger partial charge on any atom is -0.494 e. The summed E-state index contributed by atoms with van der Waals surface area (Å²) in [5.74, 6) is 0.675. The van der Waals surface area contributed by atoms with Crippen LogP contribution in [-0.2, 0) is 10.0 Å². The number of sulfonamides is 1. The molecule has 0 radical (unpaired) electrons. The summed E-state index contributed by atoms with van der Waals surface area (Å²) in [5.41, 5.74) is 2.56. The van der Waals surface area contributed by atoms with Crippen LogP contribution in [0.1, 0.15) is 25.8 Å². The van der Waals surface area contributed by atoms with Crippen LogP contribution in [0.2, 0.25) is 0 Å². The standard InChI is InChI=1S/C23H33N3O3S/c1-4-29-22-8-10-23(11-9-22)30(27,28)24-20(3)12-13-25-14-16-26(17-15-25)21-7-5-6-19(2)18-21/h5-11,18,20,24H,4,12-17H2,1-3H3. The third kappa shape index (κ3) is 6.20. The van der Waals surface area contributed by atoms with Gasteiger partial charge in [0.15, 0.2) is 0 Å². The summed E-state index contributed by atoms with van der Waals surface area (Å²) < 4.78 is 33.4. The number of nitrogens with zero attached hydrogens (tertiary/aromatic N) is 2. The molecule has 7 heteroatoms. The van der Waals surface area contributed by atoms with Crippen LogP contribution in [0.25, 0.3) is 0 Å². The highest BCUT2D eigenvalue weighted by Gasteiger charge is 2.20. The van der Waals surface area contributed by atoms with Gasteiger partial charge in [0, 0.05) is 37.9 Å². The van der Waals surface area contributed by atoms with Crippen LogP contribution in [0.5, 0.6) is 5.75 Å². The van der Waals surface area contributed by atoms with Gasteiger partial charge in [-0.1, -0.05) is 12.1 Å². The topological polar surface area (TPSA) is 61.9 Å². The van der Waals surface area contributed by atoms with Crippen LogP contribution in [0.15, 0.2) is 53.4 Å². The van der Waals surface area contributed by atoms with E-state index >= 15 is 0 Å². The molecule has 1 aliphatic rings. The fraction of sp³-hybridized carbons (Fsp3) is 0.478. The van der Waals surface area contributed by atoms with Crippen molar-refractivity contribution < 1.29 is 13.2 Å². The summed E-state index contributed by atoms with van der Waals surface area (Å²) in [4.78, 5) is 5.10. The third-order valence-electron chi connectivity index (χ3n) is 5.42. The Labute approximate surface area is 180 Å². The Hall–Kier alpha value is -2.09. The van der Waals surface area contributed by atoms with Crippen LogP contribution in [0.3, 0.4) is 0 Å². The van der Waals surface area contributed by atoms with Crippen molar-refractivity contribution in [1.82, 2.24) is 9.62 Å². The van der Waals surface area contributed by atoms with E-state index in [-0.39, 0.29) is 10.9 Å². The Morgan fingerprint density at radius 1 is 1.07 bits per heavy atom.